The standard InChI is InChI=1S/C14H21NO3/c1-9-6-10-11(7-9)13(18)15(12(10)17)8-14(2-3-14)4-5-16/h9-11,16H,2-8H2,1H3. The van der Waals surface area contributed by atoms with E-state index in [4.69, 9.17) is 5.11 Å². The molecule has 0 aromatic carbocycles. The van der Waals surface area contributed by atoms with Crippen LogP contribution in [0.5, 0.6) is 0 Å². The second-order valence-corrected chi connectivity index (χ2v) is 6.53. The fourth-order valence-corrected chi connectivity index (χ4v) is 3.74. The minimum atomic E-state index is -0.0440. The Hall–Kier alpha value is -0.900. The number of carbonyl (C=O) groups is 2. The average molecular weight is 251 g/mol. The summed E-state index contributed by atoms with van der Waals surface area (Å²) >= 11 is 0. The normalized spacial score (nSPS) is 37.2. The van der Waals surface area contributed by atoms with Gasteiger partial charge >= 0.3 is 0 Å². The highest BCUT2D eigenvalue weighted by Gasteiger charge is 2.55. The molecule has 4 nitrogen and oxygen atoms in total. The van der Waals surface area contributed by atoms with Crippen LogP contribution in [0.15, 0.2) is 0 Å². The van der Waals surface area contributed by atoms with E-state index in [1.54, 1.807) is 0 Å². The number of rotatable bonds is 4. The summed E-state index contributed by atoms with van der Waals surface area (Å²) in [5, 5.41) is 9.06. The Balaban J connectivity index is 1.71. The van der Waals surface area contributed by atoms with E-state index in [-0.39, 0.29) is 35.7 Å². The molecule has 4 heteroatoms. The molecule has 2 atom stereocenters. The quantitative estimate of drug-likeness (QED) is 0.763. The van der Waals surface area contributed by atoms with E-state index in [9.17, 15) is 9.59 Å². The summed E-state index contributed by atoms with van der Waals surface area (Å²) < 4.78 is 0. The number of likely N-dealkylation sites (tertiary alicyclic amines) is 1. The van der Waals surface area contributed by atoms with Crippen molar-refractivity contribution in [3.63, 3.8) is 0 Å². The number of amides is 2. The Morgan fingerprint density at radius 2 is 1.78 bits per heavy atom. The molecule has 1 saturated heterocycles. The van der Waals surface area contributed by atoms with Crippen LogP contribution in [0.25, 0.3) is 0 Å². The maximum atomic E-state index is 12.3. The summed E-state index contributed by atoms with van der Waals surface area (Å²) in [5.74, 6) is 0.523. The summed E-state index contributed by atoms with van der Waals surface area (Å²) in [6.45, 7) is 2.82. The fraction of sp³-hybridized carbons (Fsp3) is 0.857. The smallest absolute Gasteiger partial charge is 0.233 e. The summed E-state index contributed by atoms with van der Waals surface area (Å²) in [6, 6.07) is 0. The highest BCUT2D eigenvalue weighted by atomic mass is 16.3. The molecule has 0 aromatic heterocycles. The molecular formula is C14H21NO3. The van der Waals surface area contributed by atoms with Gasteiger partial charge in [0.1, 0.15) is 0 Å². The largest absolute Gasteiger partial charge is 0.396 e. The van der Waals surface area contributed by atoms with Crippen LogP contribution in [0.4, 0.5) is 0 Å². The topological polar surface area (TPSA) is 57.6 Å². The third-order valence-electron chi connectivity index (χ3n) is 5.06. The molecule has 1 N–H and O–H groups in total. The summed E-state index contributed by atoms with van der Waals surface area (Å²) in [5.41, 5.74) is 0.0460. The molecule has 18 heavy (non-hydrogen) atoms. The Morgan fingerprint density at radius 3 is 2.22 bits per heavy atom. The zero-order valence-corrected chi connectivity index (χ0v) is 10.9. The molecule has 0 aromatic rings. The monoisotopic (exact) mass is 251 g/mol. The van der Waals surface area contributed by atoms with Crippen LogP contribution in [-0.2, 0) is 9.59 Å². The number of aliphatic hydroxyl groups excluding tert-OH is 1. The molecule has 100 valence electrons. The first-order chi connectivity index (χ1) is 8.56. The van der Waals surface area contributed by atoms with E-state index in [0.717, 1.165) is 32.1 Å². The Kier molecular flexibility index (Phi) is 2.73. The van der Waals surface area contributed by atoms with Crippen LogP contribution >= 0.6 is 0 Å². The van der Waals surface area contributed by atoms with Crippen molar-refractivity contribution in [1.29, 1.82) is 0 Å². The third-order valence-corrected chi connectivity index (χ3v) is 5.06. The second-order valence-electron chi connectivity index (χ2n) is 6.53. The van der Waals surface area contributed by atoms with Crippen LogP contribution in [0, 0.1) is 23.2 Å². The van der Waals surface area contributed by atoms with Crippen molar-refractivity contribution in [2.24, 2.45) is 23.2 Å². The first-order valence-corrected chi connectivity index (χ1v) is 7.02. The van der Waals surface area contributed by atoms with Crippen LogP contribution in [0.1, 0.15) is 39.0 Å². The lowest BCUT2D eigenvalue weighted by molar-refractivity contribution is -0.141. The highest BCUT2D eigenvalue weighted by molar-refractivity contribution is 6.05. The van der Waals surface area contributed by atoms with Gasteiger partial charge < -0.3 is 5.11 Å². The number of hydrogen-bond donors (Lipinski definition) is 1. The van der Waals surface area contributed by atoms with Gasteiger partial charge in [-0.25, -0.2) is 0 Å². The van der Waals surface area contributed by atoms with Crippen LogP contribution < -0.4 is 0 Å². The van der Waals surface area contributed by atoms with Gasteiger partial charge in [0.15, 0.2) is 0 Å². The van der Waals surface area contributed by atoms with Crippen molar-refractivity contribution >= 4 is 11.8 Å². The zero-order valence-electron chi connectivity index (χ0n) is 10.9. The first kappa shape index (κ1) is 12.2. The van der Waals surface area contributed by atoms with Gasteiger partial charge in [-0.05, 0) is 43.4 Å². The number of nitrogens with zero attached hydrogens (tertiary/aromatic N) is 1. The lowest BCUT2D eigenvalue weighted by Gasteiger charge is -2.22. The molecule has 1 aliphatic heterocycles. The van der Waals surface area contributed by atoms with Gasteiger partial charge in [-0.1, -0.05) is 6.92 Å². The molecule has 2 amide bonds. The van der Waals surface area contributed by atoms with E-state index < -0.39 is 0 Å². The number of carbonyl (C=O) groups excluding carboxylic acids is 2. The van der Waals surface area contributed by atoms with Gasteiger partial charge in [-0.3, -0.25) is 14.5 Å². The molecular weight excluding hydrogens is 230 g/mol. The van der Waals surface area contributed by atoms with Crippen LogP contribution in [0.2, 0.25) is 0 Å². The zero-order chi connectivity index (χ0) is 12.9. The van der Waals surface area contributed by atoms with Crippen molar-refractivity contribution in [2.45, 2.75) is 39.0 Å². The molecule has 3 rings (SSSR count). The molecule has 1 heterocycles. The van der Waals surface area contributed by atoms with Gasteiger partial charge in [0.2, 0.25) is 11.8 Å². The SMILES string of the molecule is CC1CC2C(=O)N(CC3(CCO)CC3)C(=O)C2C1. The van der Waals surface area contributed by atoms with Crippen LogP contribution in [0.3, 0.4) is 0 Å². The predicted octanol–water partition coefficient (Wildman–Crippen LogP) is 1.18. The molecule has 0 spiro atoms. The van der Waals surface area contributed by atoms with E-state index in [2.05, 4.69) is 6.92 Å². The van der Waals surface area contributed by atoms with Crippen molar-refractivity contribution in [2.75, 3.05) is 13.2 Å². The lowest BCUT2D eigenvalue weighted by atomic mass is 10.00. The van der Waals surface area contributed by atoms with Crippen LogP contribution in [-0.4, -0.2) is 35.0 Å². The Labute approximate surface area is 107 Å². The van der Waals surface area contributed by atoms with Crippen molar-refractivity contribution < 1.29 is 14.7 Å². The molecule has 3 aliphatic rings. The number of imide groups is 1. The maximum absolute atomic E-state index is 12.3. The Morgan fingerprint density at radius 1 is 1.22 bits per heavy atom. The Bertz CT molecular complexity index is 365. The van der Waals surface area contributed by atoms with Crippen molar-refractivity contribution in [3.05, 3.63) is 0 Å². The number of fused-ring (bicyclic) bond motifs is 1. The summed E-state index contributed by atoms with van der Waals surface area (Å²) in [6.07, 6.45) is 4.54. The van der Waals surface area contributed by atoms with Crippen molar-refractivity contribution in [1.82, 2.24) is 4.90 Å². The second kappa shape index (κ2) is 4.05. The van der Waals surface area contributed by atoms with E-state index in [0.29, 0.717) is 12.5 Å². The van der Waals surface area contributed by atoms with Gasteiger partial charge in [-0.2, -0.15) is 0 Å². The third kappa shape index (κ3) is 1.78. The predicted molar refractivity (Wildman–Crippen MR) is 65.5 cm³/mol. The molecule has 2 aliphatic carbocycles. The lowest BCUT2D eigenvalue weighted by Crippen LogP contribution is -2.37. The van der Waals surface area contributed by atoms with E-state index in [1.807, 2.05) is 0 Å². The minimum Gasteiger partial charge on any atom is -0.396 e. The molecule has 3 fully saturated rings. The maximum Gasteiger partial charge on any atom is 0.233 e. The van der Waals surface area contributed by atoms with Gasteiger partial charge in [-0.15, -0.1) is 0 Å². The molecule has 2 saturated carbocycles. The average Bonchev–Trinajstić information content (AvgIpc) is 2.92. The highest BCUT2D eigenvalue weighted by Crippen LogP contribution is 2.51. The summed E-state index contributed by atoms with van der Waals surface area (Å²) in [7, 11) is 0. The van der Waals surface area contributed by atoms with E-state index in [1.165, 1.54) is 4.90 Å². The van der Waals surface area contributed by atoms with E-state index >= 15 is 0 Å². The fourth-order valence-electron chi connectivity index (χ4n) is 3.74. The molecule has 2 unspecified atom stereocenters. The molecule has 0 bridgehead atoms. The number of hydrogen-bond acceptors (Lipinski definition) is 3. The van der Waals surface area contributed by atoms with Gasteiger partial charge in [0.05, 0.1) is 11.8 Å². The first-order valence-electron chi connectivity index (χ1n) is 7.02. The van der Waals surface area contributed by atoms with Gasteiger partial charge in [0, 0.05) is 13.2 Å². The van der Waals surface area contributed by atoms with Gasteiger partial charge in [0.25, 0.3) is 0 Å². The van der Waals surface area contributed by atoms with Crippen molar-refractivity contribution in [3.8, 4) is 0 Å². The summed E-state index contributed by atoms with van der Waals surface area (Å²) in [4.78, 5) is 26.1. The number of aliphatic hydroxyl groups is 1. The minimum absolute atomic E-state index is 0.0440. The molecule has 0 radical (unpaired) electrons.